The molecule has 0 unspecified atom stereocenters. The predicted octanol–water partition coefficient (Wildman–Crippen LogP) is 2.79. The zero-order valence-corrected chi connectivity index (χ0v) is 8.39. The lowest BCUT2D eigenvalue weighted by atomic mass is 10.2. The van der Waals surface area contributed by atoms with Gasteiger partial charge in [0.25, 0.3) is 0 Å². The van der Waals surface area contributed by atoms with E-state index in [0.29, 0.717) is 6.61 Å². The molecular formula is C10H9BrO. The van der Waals surface area contributed by atoms with Crippen LogP contribution in [0, 0.1) is 12.0 Å². The van der Waals surface area contributed by atoms with Gasteiger partial charge in [-0.3, -0.25) is 0 Å². The van der Waals surface area contributed by atoms with Gasteiger partial charge in [-0.05, 0) is 40.9 Å². The second-order valence-corrected chi connectivity index (χ2v) is 2.99. The van der Waals surface area contributed by atoms with E-state index >= 15 is 0 Å². The summed E-state index contributed by atoms with van der Waals surface area (Å²) in [6.45, 7) is 2.53. The van der Waals surface area contributed by atoms with Crippen molar-refractivity contribution >= 4 is 15.9 Å². The van der Waals surface area contributed by atoms with E-state index < -0.39 is 0 Å². The summed E-state index contributed by atoms with van der Waals surface area (Å²) in [5.74, 6) is 2.89. The summed E-state index contributed by atoms with van der Waals surface area (Å²) in [6.07, 6.45) is 2.61. The first-order chi connectivity index (χ1) is 5.84. The van der Waals surface area contributed by atoms with Crippen molar-refractivity contribution in [2.24, 2.45) is 0 Å². The van der Waals surface area contributed by atoms with Crippen LogP contribution in [0.4, 0.5) is 0 Å². The highest BCUT2D eigenvalue weighted by atomic mass is 79.9. The molecule has 0 bridgehead atoms. The standard InChI is InChI=1S/C10H9BrO/c1-2-12-8-7-9-5-3-4-6-10(9)11/h3-6H,2H2,1H3. The van der Waals surface area contributed by atoms with Crippen LogP contribution in [0.25, 0.3) is 0 Å². The fraction of sp³-hybridized carbons (Fsp3) is 0.200. The van der Waals surface area contributed by atoms with Gasteiger partial charge in [0, 0.05) is 10.0 Å². The van der Waals surface area contributed by atoms with Gasteiger partial charge >= 0.3 is 0 Å². The Hall–Kier alpha value is -0.940. The van der Waals surface area contributed by atoms with Crippen molar-refractivity contribution in [2.75, 3.05) is 6.61 Å². The zero-order valence-electron chi connectivity index (χ0n) is 6.80. The van der Waals surface area contributed by atoms with Gasteiger partial charge in [-0.1, -0.05) is 12.1 Å². The summed E-state index contributed by atoms with van der Waals surface area (Å²) in [6, 6.07) is 7.79. The molecule has 0 aliphatic carbocycles. The number of hydrogen-bond donors (Lipinski definition) is 0. The molecule has 1 aromatic carbocycles. The van der Waals surface area contributed by atoms with Crippen molar-refractivity contribution in [3.63, 3.8) is 0 Å². The minimum absolute atomic E-state index is 0.622. The molecule has 0 saturated carbocycles. The second-order valence-electron chi connectivity index (χ2n) is 2.14. The maximum atomic E-state index is 4.91. The number of ether oxygens (including phenoxy) is 1. The van der Waals surface area contributed by atoms with Crippen LogP contribution in [0.3, 0.4) is 0 Å². The van der Waals surface area contributed by atoms with E-state index in [0.717, 1.165) is 10.0 Å². The van der Waals surface area contributed by atoms with Gasteiger partial charge in [0.1, 0.15) is 6.11 Å². The fourth-order valence-corrected chi connectivity index (χ4v) is 1.11. The van der Waals surface area contributed by atoms with Crippen LogP contribution in [0.5, 0.6) is 0 Å². The van der Waals surface area contributed by atoms with Crippen molar-refractivity contribution in [2.45, 2.75) is 6.92 Å². The van der Waals surface area contributed by atoms with Crippen LogP contribution in [-0.2, 0) is 4.74 Å². The lowest BCUT2D eigenvalue weighted by Crippen LogP contribution is -1.79. The van der Waals surface area contributed by atoms with Gasteiger partial charge in [-0.25, -0.2) is 0 Å². The predicted molar refractivity (Wildman–Crippen MR) is 52.6 cm³/mol. The highest BCUT2D eigenvalue weighted by Gasteiger charge is 1.91. The number of benzene rings is 1. The van der Waals surface area contributed by atoms with Crippen LogP contribution in [0.2, 0.25) is 0 Å². The Morgan fingerprint density at radius 1 is 1.42 bits per heavy atom. The fourth-order valence-electron chi connectivity index (χ4n) is 0.726. The average molecular weight is 225 g/mol. The van der Waals surface area contributed by atoms with Crippen LogP contribution in [0.1, 0.15) is 12.5 Å². The summed E-state index contributed by atoms with van der Waals surface area (Å²) in [5.41, 5.74) is 0.950. The second kappa shape index (κ2) is 4.84. The molecule has 1 nitrogen and oxygen atoms in total. The van der Waals surface area contributed by atoms with Gasteiger partial charge in [-0.15, -0.1) is 0 Å². The average Bonchev–Trinajstić information content (AvgIpc) is 2.09. The first-order valence-corrected chi connectivity index (χ1v) is 4.51. The summed E-state index contributed by atoms with van der Waals surface area (Å²) in [4.78, 5) is 0. The Morgan fingerprint density at radius 3 is 2.83 bits per heavy atom. The highest BCUT2D eigenvalue weighted by molar-refractivity contribution is 9.10. The molecule has 0 fully saturated rings. The third kappa shape index (κ3) is 2.60. The number of halogens is 1. The first kappa shape index (κ1) is 9.15. The molecule has 1 rings (SSSR count). The molecule has 0 aromatic heterocycles. The quantitative estimate of drug-likeness (QED) is 0.667. The smallest absolute Gasteiger partial charge is 0.115 e. The van der Waals surface area contributed by atoms with Crippen molar-refractivity contribution in [1.29, 1.82) is 0 Å². The molecule has 0 spiro atoms. The normalized spacial score (nSPS) is 8.50. The number of rotatable bonds is 1. The molecule has 0 atom stereocenters. The lowest BCUT2D eigenvalue weighted by Gasteiger charge is -1.92. The molecule has 0 aliphatic rings. The van der Waals surface area contributed by atoms with E-state index in [2.05, 4.69) is 28.0 Å². The van der Waals surface area contributed by atoms with Crippen LogP contribution < -0.4 is 0 Å². The third-order valence-electron chi connectivity index (χ3n) is 1.28. The van der Waals surface area contributed by atoms with Crippen LogP contribution in [0.15, 0.2) is 28.7 Å². The van der Waals surface area contributed by atoms with Gasteiger partial charge < -0.3 is 4.74 Å². The molecule has 0 radical (unpaired) electrons. The summed E-state index contributed by atoms with van der Waals surface area (Å²) in [5, 5.41) is 0. The Morgan fingerprint density at radius 2 is 2.17 bits per heavy atom. The highest BCUT2D eigenvalue weighted by Crippen LogP contribution is 2.13. The van der Waals surface area contributed by atoms with Crippen molar-refractivity contribution in [1.82, 2.24) is 0 Å². The molecule has 0 heterocycles. The molecule has 62 valence electrons. The molecule has 0 amide bonds. The minimum atomic E-state index is 0.622. The van der Waals surface area contributed by atoms with Crippen LogP contribution in [-0.4, -0.2) is 6.61 Å². The van der Waals surface area contributed by atoms with Crippen molar-refractivity contribution < 1.29 is 4.74 Å². The summed E-state index contributed by atoms with van der Waals surface area (Å²) < 4.78 is 5.91. The Balaban J connectivity index is 2.77. The van der Waals surface area contributed by atoms with Gasteiger partial charge in [0.15, 0.2) is 0 Å². The maximum absolute atomic E-state index is 4.91. The minimum Gasteiger partial charge on any atom is -0.447 e. The molecule has 0 saturated heterocycles. The first-order valence-electron chi connectivity index (χ1n) is 3.72. The third-order valence-corrected chi connectivity index (χ3v) is 1.97. The van der Waals surface area contributed by atoms with Crippen molar-refractivity contribution in [3.8, 4) is 12.0 Å². The lowest BCUT2D eigenvalue weighted by molar-refractivity contribution is 0.299. The molecule has 12 heavy (non-hydrogen) atoms. The monoisotopic (exact) mass is 224 g/mol. The summed E-state index contributed by atoms with van der Waals surface area (Å²) >= 11 is 3.39. The molecule has 0 N–H and O–H groups in total. The van der Waals surface area contributed by atoms with Gasteiger partial charge in [0.2, 0.25) is 0 Å². The molecule has 2 heteroatoms. The van der Waals surface area contributed by atoms with E-state index in [1.165, 1.54) is 0 Å². The van der Waals surface area contributed by atoms with Crippen molar-refractivity contribution in [3.05, 3.63) is 34.3 Å². The Bertz CT molecular complexity index is 309. The van der Waals surface area contributed by atoms with Crippen LogP contribution >= 0.6 is 15.9 Å². The largest absolute Gasteiger partial charge is 0.447 e. The SMILES string of the molecule is CCOC#Cc1ccccc1Br. The van der Waals surface area contributed by atoms with Gasteiger partial charge in [0.05, 0.1) is 6.61 Å². The Labute approximate surface area is 80.9 Å². The Kier molecular flexibility index (Phi) is 3.69. The zero-order chi connectivity index (χ0) is 8.81. The molecule has 1 aromatic rings. The van der Waals surface area contributed by atoms with E-state index in [9.17, 15) is 0 Å². The molecular weight excluding hydrogens is 216 g/mol. The van der Waals surface area contributed by atoms with E-state index in [1.54, 1.807) is 0 Å². The molecule has 0 aliphatic heterocycles. The van der Waals surface area contributed by atoms with E-state index in [1.807, 2.05) is 31.2 Å². The van der Waals surface area contributed by atoms with E-state index in [4.69, 9.17) is 4.74 Å². The summed E-state index contributed by atoms with van der Waals surface area (Å²) in [7, 11) is 0. The number of hydrogen-bond acceptors (Lipinski definition) is 1. The topological polar surface area (TPSA) is 9.23 Å². The van der Waals surface area contributed by atoms with Gasteiger partial charge in [-0.2, -0.15) is 0 Å². The van der Waals surface area contributed by atoms with E-state index in [-0.39, 0.29) is 0 Å². The maximum Gasteiger partial charge on any atom is 0.115 e.